The minimum absolute atomic E-state index is 0.204. The Morgan fingerprint density at radius 3 is 2.47 bits per heavy atom. The minimum atomic E-state index is -0.856. The molecule has 2 amide bonds. The second-order valence-corrected chi connectivity index (χ2v) is 9.51. The summed E-state index contributed by atoms with van der Waals surface area (Å²) in [4.78, 5) is 25.1. The summed E-state index contributed by atoms with van der Waals surface area (Å²) in [7, 11) is 0. The maximum atomic E-state index is 13.0. The van der Waals surface area contributed by atoms with Crippen LogP contribution in [0.4, 0.5) is 4.79 Å². The number of nitrogens with one attached hydrogen (secondary N) is 2. The Labute approximate surface area is 231 Å². The van der Waals surface area contributed by atoms with Gasteiger partial charge in [-0.05, 0) is 43.2 Å². The van der Waals surface area contributed by atoms with Crippen molar-refractivity contribution in [1.29, 1.82) is 0 Å². The number of aromatic nitrogens is 1. The number of ether oxygens (including phenoxy) is 1. The summed E-state index contributed by atoms with van der Waals surface area (Å²) in [5, 5.41) is 8.88. The van der Waals surface area contributed by atoms with Crippen LogP contribution < -0.4 is 10.7 Å². The molecule has 0 aliphatic rings. The fourth-order valence-electron chi connectivity index (χ4n) is 4.26. The van der Waals surface area contributed by atoms with Crippen LogP contribution in [0.25, 0.3) is 10.9 Å². The molecule has 38 heavy (non-hydrogen) atoms. The van der Waals surface area contributed by atoms with E-state index in [1.54, 1.807) is 19.2 Å². The number of amides is 2. The van der Waals surface area contributed by atoms with Gasteiger partial charge in [0.05, 0.1) is 22.9 Å². The average molecular weight is 551 g/mol. The summed E-state index contributed by atoms with van der Waals surface area (Å²) < 4.78 is 7.14. The highest BCUT2D eigenvalue weighted by Crippen LogP contribution is 2.28. The summed E-state index contributed by atoms with van der Waals surface area (Å²) in [6.45, 7) is 4.50. The largest absolute Gasteiger partial charge is 0.450 e. The number of para-hydroxylation sites is 1. The van der Waals surface area contributed by atoms with Gasteiger partial charge in [-0.1, -0.05) is 77.8 Å². The molecule has 196 valence electrons. The normalized spacial score (nSPS) is 12.0. The summed E-state index contributed by atoms with van der Waals surface area (Å²) in [6, 6.07) is 22.1. The van der Waals surface area contributed by atoms with E-state index in [1.165, 1.54) is 0 Å². The zero-order valence-electron chi connectivity index (χ0n) is 21.1. The van der Waals surface area contributed by atoms with E-state index < -0.39 is 18.0 Å². The maximum Gasteiger partial charge on any atom is 0.407 e. The number of carbonyl (C=O) groups is 2. The topological polar surface area (TPSA) is 84.7 Å². The Balaban J connectivity index is 1.56. The third-order valence-corrected chi connectivity index (χ3v) is 6.88. The lowest BCUT2D eigenvalue weighted by atomic mass is 10.1. The lowest BCUT2D eigenvalue weighted by Crippen LogP contribution is -2.47. The molecule has 1 heterocycles. The summed E-state index contributed by atoms with van der Waals surface area (Å²) in [5.74, 6) is -0.449. The highest BCUT2D eigenvalue weighted by atomic mass is 35.5. The highest BCUT2D eigenvalue weighted by molar-refractivity contribution is 6.42. The van der Waals surface area contributed by atoms with E-state index >= 15 is 0 Å². The molecule has 0 aliphatic heterocycles. The number of hydrogen-bond acceptors (Lipinski definition) is 4. The minimum Gasteiger partial charge on any atom is -0.450 e. The van der Waals surface area contributed by atoms with E-state index in [4.69, 9.17) is 27.9 Å². The van der Waals surface area contributed by atoms with Crippen molar-refractivity contribution in [2.45, 2.75) is 32.9 Å². The number of hydrazone groups is 1. The molecule has 7 nitrogen and oxygen atoms in total. The van der Waals surface area contributed by atoms with E-state index in [1.807, 2.05) is 73.7 Å². The van der Waals surface area contributed by atoms with Gasteiger partial charge in [0.15, 0.2) is 0 Å². The molecule has 2 N–H and O–H groups in total. The number of halogens is 2. The SMILES string of the molecule is CCOC(=O)N[C@H](Cc1ccccc1)C(=O)N/N=C\c1c(C)n(Cc2ccc(Cl)c(Cl)c2)c2ccccc12. The van der Waals surface area contributed by atoms with Crippen molar-refractivity contribution in [2.24, 2.45) is 5.10 Å². The Morgan fingerprint density at radius 2 is 1.74 bits per heavy atom. The summed E-state index contributed by atoms with van der Waals surface area (Å²) in [6.07, 6.45) is 1.27. The van der Waals surface area contributed by atoms with E-state index in [-0.39, 0.29) is 6.61 Å². The number of nitrogens with zero attached hydrogens (tertiary/aromatic N) is 2. The summed E-state index contributed by atoms with van der Waals surface area (Å²) >= 11 is 12.3. The Morgan fingerprint density at radius 1 is 1.00 bits per heavy atom. The fourth-order valence-corrected chi connectivity index (χ4v) is 4.58. The number of benzene rings is 3. The van der Waals surface area contributed by atoms with Gasteiger partial charge >= 0.3 is 6.09 Å². The molecule has 0 bridgehead atoms. The molecule has 3 aromatic carbocycles. The molecular formula is C29H28Cl2N4O3. The van der Waals surface area contributed by atoms with Gasteiger partial charge in [-0.25, -0.2) is 10.2 Å². The van der Waals surface area contributed by atoms with Crippen LogP contribution >= 0.6 is 23.2 Å². The lowest BCUT2D eigenvalue weighted by Gasteiger charge is -2.16. The van der Waals surface area contributed by atoms with Gasteiger partial charge < -0.3 is 14.6 Å². The van der Waals surface area contributed by atoms with Gasteiger partial charge in [-0.2, -0.15) is 5.10 Å². The number of carbonyl (C=O) groups excluding carboxylic acids is 2. The van der Waals surface area contributed by atoms with Crippen LogP contribution in [-0.4, -0.2) is 35.4 Å². The van der Waals surface area contributed by atoms with Gasteiger partial charge in [0.25, 0.3) is 5.91 Å². The van der Waals surface area contributed by atoms with Gasteiger partial charge in [0.2, 0.25) is 0 Å². The molecular weight excluding hydrogens is 523 g/mol. The number of rotatable bonds is 9. The highest BCUT2D eigenvalue weighted by Gasteiger charge is 2.22. The van der Waals surface area contributed by atoms with Crippen LogP contribution in [0.1, 0.15) is 29.3 Å². The van der Waals surface area contributed by atoms with Crippen molar-refractivity contribution in [3.05, 3.63) is 105 Å². The van der Waals surface area contributed by atoms with Gasteiger partial charge in [-0.3, -0.25) is 4.79 Å². The second-order valence-electron chi connectivity index (χ2n) is 8.69. The first-order valence-electron chi connectivity index (χ1n) is 12.2. The van der Waals surface area contributed by atoms with Crippen LogP contribution in [-0.2, 0) is 22.5 Å². The third-order valence-electron chi connectivity index (χ3n) is 6.14. The Hall–Kier alpha value is -3.81. The van der Waals surface area contributed by atoms with E-state index in [9.17, 15) is 9.59 Å². The Bertz CT molecular complexity index is 1470. The van der Waals surface area contributed by atoms with Crippen molar-refractivity contribution in [3.8, 4) is 0 Å². The van der Waals surface area contributed by atoms with E-state index in [2.05, 4.69) is 20.4 Å². The smallest absolute Gasteiger partial charge is 0.407 e. The number of hydrogen-bond donors (Lipinski definition) is 2. The molecule has 4 aromatic rings. The van der Waals surface area contributed by atoms with Crippen molar-refractivity contribution in [2.75, 3.05) is 6.61 Å². The zero-order chi connectivity index (χ0) is 27.1. The lowest BCUT2D eigenvalue weighted by molar-refractivity contribution is -0.123. The number of alkyl carbamates (subject to hydrolysis) is 1. The predicted molar refractivity (Wildman–Crippen MR) is 152 cm³/mol. The van der Waals surface area contributed by atoms with E-state index in [0.29, 0.717) is 23.0 Å². The molecule has 0 aliphatic carbocycles. The van der Waals surface area contributed by atoms with Gasteiger partial charge in [0.1, 0.15) is 6.04 Å². The monoisotopic (exact) mass is 550 g/mol. The van der Waals surface area contributed by atoms with Crippen molar-refractivity contribution < 1.29 is 14.3 Å². The van der Waals surface area contributed by atoms with Crippen LogP contribution in [0.2, 0.25) is 10.0 Å². The van der Waals surface area contributed by atoms with Crippen LogP contribution in [0.15, 0.2) is 77.9 Å². The summed E-state index contributed by atoms with van der Waals surface area (Å²) in [5.41, 5.74) is 7.36. The van der Waals surface area contributed by atoms with Crippen LogP contribution in [0.3, 0.4) is 0 Å². The van der Waals surface area contributed by atoms with Crippen molar-refractivity contribution in [1.82, 2.24) is 15.3 Å². The standard InChI is InChI=1S/C29H28Cl2N4O3/c1-3-38-29(37)33-26(16-20-9-5-4-6-10-20)28(36)34-32-17-23-19(2)35(27-12-8-7-11-22(23)27)18-21-13-14-24(30)25(31)15-21/h4-15,17,26H,3,16,18H2,1-2H3,(H,33,37)(H,34,36)/b32-17-/t26-/m1/s1. The predicted octanol–water partition coefficient (Wildman–Crippen LogP) is 6.11. The average Bonchev–Trinajstić information content (AvgIpc) is 3.17. The Kier molecular flexibility index (Phi) is 9.05. The molecule has 1 atom stereocenters. The molecule has 0 unspecified atom stereocenters. The molecule has 0 fully saturated rings. The van der Waals surface area contributed by atoms with Gasteiger partial charge in [-0.15, -0.1) is 0 Å². The van der Waals surface area contributed by atoms with Crippen molar-refractivity contribution in [3.63, 3.8) is 0 Å². The zero-order valence-corrected chi connectivity index (χ0v) is 22.6. The number of fused-ring (bicyclic) bond motifs is 1. The molecule has 0 saturated heterocycles. The first-order chi connectivity index (χ1) is 18.4. The first-order valence-corrected chi connectivity index (χ1v) is 12.9. The molecule has 1 aromatic heterocycles. The fraction of sp³-hybridized carbons (Fsp3) is 0.207. The second kappa shape index (κ2) is 12.6. The third kappa shape index (κ3) is 6.54. The first kappa shape index (κ1) is 27.2. The molecule has 0 radical (unpaired) electrons. The van der Waals surface area contributed by atoms with E-state index in [0.717, 1.165) is 33.3 Å². The van der Waals surface area contributed by atoms with Crippen LogP contribution in [0.5, 0.6) is 0 Å². The molecule has 9 heteroatoms. The molecule has 4 rings (SSSR count). The van der Waals surface area contributed by atoms with Crippen LogP contribution in [0, 0.1) is 6.92 Å². The maximum absolute atomic E-state index is 13.0. The van der Waals surface area contributed by atoms with Crippen molar-refractivity contribution >= 4 is 52.3 Å². The van der Waals surface area contributed by atoms with Gasteiger partial charge in [0, 0.05) is 35.1 Å². The molecule has 0 saturated carbocycles. The quantitative estimate of drug-likeness (QED) is 0.194. The molecule has 0 spiro atoms.